The summed E-state index contributed by atoms with van der Waals surface area (Å²) in [7, 11) is 0. The maximum absolute atomic E-state index is 13.2. The van der Waals surface area contributed by atoms with Crippen LogP contribution in [0.1, 0.15) is 79.4 Å². The van der Waals surface area contributed by atoms with E-state index in [2.05, 4.69) is 48.4 Å². The largest absolute Gasteiger partial charge is 0.469 e. The number of carbonyl (C=O) groups is 2. The van der Waals surface area contributed by atoms with Crippen molar-refractivity contribution in [2.24, 2.45) is 5.92 Å². The summed E-state index contributed by atoms with van der Waals surface area (Å²) in [4.78, 5) is 28.4. The second kappa shape index (κ2) is 11.4. The zero-order chi connectivity index (χ0) is 30.3. The molecule has 2 saturated heterocycles. The van der Waals surface area contributed by atoms with Crippen molar-refractivity contribution >= 4 is 23.4 Å². The highest BCUT2D eigenvalue weighted by atomic mass is 16.3. The Morgan fingerprint density at radius 3 is 2.21 bits per heavy atom. The summed E-state index contributed by atoms with van der Waals surface area (Å²) in [5, 5.41) is 10.8. The monoisotopic (exact) mass is 579 g/mol. The van der Waals surface area contributed by atoms with Crippen LogP contribution in [0.15, 0.2) is 71.3 Å². The highest BCUT2D eigenvalue weighted by Gasteiger charge is 2.43. The number of hydrogen-bond acceptors (Lipinski definition) is 4. The first-order chi connectivity index (χ1) is 20.5. The van der Waals surface area contributed by atoms with E-state index in [0.717, 1.165) is 54.7 Å². The Hall–Kier alpha value is -4.33. The molecule has 3 amide bonds. The molecule has 0 spiro atoms. The summed E-state index contributed by atoms with van der Waals surface area (Å²) >= 11 is 0. The molecule has 8 heteroatoms. The van der Waals surface area contributed by atoms with Crippen LogP contribution in [0.5, 0.6) is 0 Å². The first-order valence-corrected chi connectivity index (χ1v) is 15.3. The second-order valence-corrected chi connectivity index (χ2v) is 13.2. The van der Waals surface area contributed by atoms with Crippen LogP contribution in [-0.4, -0.2) is 38.7 Å². The van der Waals surface area contributed by atoms with E-state index >= 15 is 0 Å². The van der Waals surface area contributed by atoms with Gasteiger partial charge in [0.05, 0.1) is 23.2 Å². The lowest BCUT2D eigenvalue weighted by Gasteiger charge is -2.39. The highest BCUT2D eigenvalue weighted by Crippen LogP contribution is 2.41. The molecule has 2 fully saturated rings. The third kappa shape index (κ3) is 6.10. The van der Waals surface area contributed by atoms with Crippen LogP contribution in [0, 0.1) is 19.8 Å². The first-order valence-electron chi connectivity index (χ1n) is 15.3. The van der Waals surface area contributed by atoms with Crippen LogP contribution in [-0.2, 0) is 11.8 Å². The van der Waals surface area contributed by atoms with Gasteiger partial charge < -0.3 is 14.6 Å². The fourth-order valence-electron chi connectivity index (χ4n) is 6.59. The molecule has 224 valence electrons. The number of amides is 3. The van der Waals surface area contributed by atoms with Gasteiger partial charge in [-0.3, -0.25) is 10.1 Å². The average Bonchev–Trinajstić information content (AvgIpc) is 3.65. The van der Waals surface area contributed by atoms with Crippen molar-refractivity contribution < 1.29 is 14.0 Å². The molecule has 2 bridgehead atoms. The molecule has 2 atom stereocenters. The van der Waals surface area contributed by atoms with Crippen LogP contribution in [0.3, 0.4) is 0 Å². The van der Waals surface area contributed by atoms with E-state index in [1.54, 1.807) is 17.0 Å². The van der Waals surface area contributed by atoms with E-state index < -0.39 is 0 Å². The maximum atomic E-state index is 13.2. The summed E-state index contributed by atoms with van der Waals surface area (Å²) in [5.74, 6) is 1.96. The number of fused-ring (bicyclic) bond motifs is 2. The Bertz CT molecular complexity index is 1600. The van der Waals surface area contributed by atoms with E-state index in [1.165, 1.54) is 5.56 Å². The Morgan fingerprint density at radius 1 is 0.930 bits per heavy atom. The van der Waals surface area contributed by atoms with E-state index in [9.17, 15) is 9.59 Å². The number of piperidine rings is 1. The van der Waals surface area contributed by atoms with Gasteiger partial charge in [0.1, 0.15) is 11.6 Å². The predicted octanol–water partition coefficient (Wildman–Crippen LogP) is 7.65. The molecular formula is C35H41N5O3. The molecule has 2 aliphatic heterocycles. The minimum Gasteiger partial charge on any atom is -0.469 e. The van der Waals surface area contributed by atoms with Crippen molar-refractivity contribution in [2.75, 3.05) is 10.6 Å². The Balaban J connectivity index is 1.07. The van der Waals surface area contributed by atoms with Crippen molar-refractivity contribution in [3.63, 3.8) is 0 Å². The summed E-state index contributed by atoms with van der Waals surface area (Å²) < 4.78 is 7.17. The summed E-state index contributed by atoms with van der Waals surface area (Å²) in [5.41, 5.74) is 5.45. The Labute approximate surface area is 253 Å². The molecule has 6 rings (SSSR count). The zero-order valence-electron chi connectivity index (χ0n) is 25.7. The number of nitrogens with zero attached hydrogens (tertiary/aromatic N) is 3. The summed E-state index contributed by atoms with van der Waals surface area (Å²) in [6.45, 7) is 10.2. The van der Waals surface area contributed by atoms with Gasteiger partial charge in [0.2, 0.25) is 0 Å². The number of furan rings is 1. The quantitative estimate of drug-likeness (QED) is 0.245. The first kappa shape index (κ1) is 28.8. The number of aryl methyl sites for hydroxylation is 2. The summed E-state index contributed by atoms with van der Waals surface area (Å²) in [6, 6.07) is 20.2. The van der Waals surface area contributed by atoms with Gasteiger partial charge in [0, 0.05) is 29.3 Å². The minimum atomic E-state index is -0.317. The van der Waals surface area contributed by atoms with Crippen molar-refractivity contribution in [1.82, 2.24) is 14.7 Å². The molecule has 2 unspecified atom stereocenters. The molecule has 2 N–H and O–H groups in total. The molecular weight excluding hydrogens is 538 g/mol. The Morgan fingerprint density at radius 2 is 1.60 bits per heavy atom. The van der Waals surface area contributed by atoms with Gasteiger partial charge in [-0.25, -0.2) is 9.48 Å². The van der Waals surface area contributed by atoms with E-state index in [0.29, 0.717) is 35.1 Å². The van der Waals surface area contributed by atoms with Crippen LogP contribution in [0.25, 0.3) is 5.69 Å². The lowest BCUT2D eigenvalue weighted by molar-refractivity contribution is 0.0523. The molecule has 4 heterocycles. The van der Waals surface area contributed by atoms with E-state index in [4.69, 9.17) is 9.52 Å². The number of nitrogens with one attached hydrogen (secondary N) is 2. The second-order valence-electron chi connectivity index (χ2n) is 13.2. The number of hydrogen-bond donors (Lipinski definition) is 2. The van der Waals surface area contributed by atoms with Gasteiger partial charge in [-0.15, -0.1) is 0 Å². The van der Waals surface area contributed by atoms with Crippen LogP contribution in [0.2, 0.25) is 0 Å². The number of carbonyl (C=O) groups excluding carboxylic acids is 2. The molecule has 2 aromatic heterocycles. The van der Waals surface area contributed by atoms with E-state index in [1.807, 2.05) is 56.3 Å². The zero-order valence-corrected chi connectivity index (χ0v) is 25.7. The fraction of sp³-hybridized carbons (Fsp3) is 0.400. The van der Waals surface area contributed by atoms with Gasteiger partial charge in [-0.2, -0.15) is 5.10 Å². The lowest BCUT2D eigenvalue weighted by Crippen LogP contribution is -2.47. The van der Waals surface area contributed by atoms with Gasteiger partial charge in [0.25, 0.3) is 5.91 Å². The number of benzene rings is 2. The van der Waals surface area contributed by atoms with Gasteiger partial charge in [-0.1, -0.05) is 50.6 Å². The summed E-state index contributed by atoms with van der Waals surface area (Å²) in [6.07, 6.45) is 6.75. The lowest BCUT2D eigenvalue weighted by atomic mass is 9.85. The third-order valence-electron chi connectivity index (χ3n) is 8.89. The van der Waals surface area contributed by atoms with Crippen molar-refractivity contribution in [3.05, 3.63) is 95.1 Å². The predicted molar refractivity (Wildman–Crippen MR) is 169 cm³/mol. The molecule has 2 aromatic carbocycles. The van der Waals surface area contributed by atoms with Crippen molar-refractivity contribution in [3.8, 4) is 5.69 Å². The molecule has 2 aliphatic rings. The molecule has 43 heavy (non-hydrogen) atoms. The average molecular weight is 580 g/mol. The number of aromatic nitrogens is 2. The standard InChI is InChI=1S/C35H41N5O3/c1-22-6-12-27(13-7-22)40-32(21-31(38-40)35(3,4)5)37-34(42)36-26-10-8-24(9-11-26)18-25-19-28-14-15-29(20-25)39(28)33(41)30-16-17-43-23(30)2/h6-13,16-17,21,25,28-29H,14-15,18-20H2,1-5H3,(H2,36,37,42). The molecule has 0 saturated carbocycles. The fourth-order valence-corrected chi connectivity index (χ4v) is 6.59. The Kier molecular flexibility index (Phi) is 7.63. The molecule has 8 nitrogen and oxygen atoms in total. The number of rotatable bonds is 6. The normalized spacial score (nSPS) is 19.8. The van der Waals surface area contributed by atoms with Crippen LogP contribution >= 0.6 is 0 Å². The minimum absolute atomic E-state index is 0.113. The third-order valence-corrected chi connectivity index (χ3v) is 8.89. The smallest absolute Gasteiger partial charge is 0.324 e. The van der Waals surface area contributed by atoms with Gasteiger partial charge in [0.15, 0.2) is 0 Å². The topological polar surface area (TPSA) is 92.4 Å². The van der Waals surface area contributed by atoms with Crippen molar-refractivity contribution in [1.29, 1.82) is 0 Å². The molecule has 0 radical (unpaired) electrons. The highest BCUT2D eigenvalue weighted by molar-refractivity contribution is 5.99. The van der Waals surface area contributed by atoms with Crippen LogP contribution < -0.4 is 10.6 Å². The van der Waals surface area contributed by atoms with Crippen molar-refractivity contribution in [2.45, 2.75) is 84.2 Å². The van der Waals surface area contributed by atoms with Gasteiger partial charge >= 0.3 is 6.03 Å². The number of urea groups is 1. The van der Waals surface area contributed by atoms with Gasteiger partial charge in [-0.05, 0) is 87.8 Å². The van der Waals surface area contributed by atoms with Crippen LogP contribution in [0.4, 0.5) is 16.3 Å². The number of anilines is 2. The van der Waals surface area contributed by atoms with E-state index in [-0.39, 0.29) is 17.4 Å². The SMILES string of the molecule is Cc1ccc(-n2nc(C(C)(C)C)cc2NC(=O)Nc2ccc(CC3CC4CCC(C3)N4C(=O)c3ccoc3C)cc2)cc1. The molecule has 4 aromatic rings. The maximum Gasteiger partial charge on any atom is 0.324 e. The molecule has 0 aliphatic carbocycles.